The molecule has 2 unspecified atom stereocenters. The number of carbonyl (C=O) groups is 1. The van der Waals surface area contributed by atoms with Crippen molar-refractivity contribution < 1.29 is 19.0 Å². The van der Waals surface area contributed by atoms with Crippen LogP contribution < -0.4 is 0 Å². The number of ether oxygens (including phenoxy) is 3. The highest BCUT2D eigenvalue weighted by Crippen LogP contribution is 2.21. The van der Waals surface area contributed by atoms with Crippen LogP contribution >= 0.6 is 0 Å². The Morgan fingerprint density at radius 1 is 1.47 bits per heavy atom. The third-order valence-electron chi connectivity index (χ3n) is 2.48. The lowest BCUT2D eigenvalue weighted by molar-refractivity contribution is -0.217. The van der Waals surface area contributed by atoms with Crippen LogP contribution in [-0.2, 0) is 19.0 Å². The Balaban J connectivity index is 2.29. The summed E-state index contributed by atoms with van der Waals surface area (Å²) >= 11 is 0. The Hall–Kier alpha value is -0.870. The molecule has 1 saturated heterocycles. The maximum Gasteiger partial charge on any atom is 0.333 e. The minimum absolute atomic E-state index is 0.0594. The van der Waals surface area contributed by atoms with Crippen molar-refractivity contribution in [1.29, 1.82) is 0 Å². The fraction of sp³-hybridized carbons (Fsp3) is 0.769. The highest BCUT2D eigenvalue weighted by molar-refractivity contribution is 5.86. The molecule has 0 aliphatic carbocycles. The fourth-order valence-corrected chi connectivity index (χ4v) is 1.68. The van der Waals surface area contributed by atoms with Crippen LogP contribution in [-0.4, -0.2) is 31.1 Å². The van der Waals surface area contributed by atoms with Crippen LogP contribution in [0.5, 0.6) is 0 Å². The van der Waals surface area contributed by atoms with Crippen LogP contribution in [0, 0.1) is 0 Å². The summed E-state index contributed by atoms with van der Waals surface area (Å²) in [7, 11) is 0. The molecule has 0 saturated carbocycles. The van der Waals surface area contributed by atoms with Gasteiger partial charge in [-0.1, -0.05) is 6.58 Å². The molecule has 1 aliphatic heterocycles. The predicted octanol–water partition coefficient (Wildman–Crippen LogP) is 2.43. The molecule has 0 radical (unpaired) electrons. The Kier molecular flexibility index (Phi) is 5.65. The number of rotatable bonds is 5. The molecule has 4 nitrogen and oxygen atoms in total. The van der Waals surface area contributed by atoms with Gasteiger partial charge in [0.05, 0.1) is 12.2 Å². The first-order valence-electron chi connectivity index (χ1n) is 6.12. The molecule has 0 spiro atoms. The summed E-state index contributed by atoms with van der Waals surface area (Å²) in [6.07, 6.45) is 2.77. The molecule has 1 heterocycles. The van der Waals surface area contributed by atoms with Gasteiger partial charge in [0, 0.05) is 5.57 Å². The van der Waals surface area contributed by atoms with Crippen LogP contribution in [0.4, 0.5) is 0 Å². The molecular formula is C13H22O4. The summed E-state index contributed by atoms with van der Waals surface area (Å²) in [5.74, 6) is -0.361. The summed E-state index contributed by atoms with van der Waals surface area (Å²) < 4.78 is 16.4. The number of hydrogen-bond donors (Lipinski definition) is 0. The van der Waals surface area contributed by atoms with E-state index in [1.165, 1.54) is 0 Å². The Morgan fingerprint density at radius 3 is 2.76 bits per heavy atom. The van der Waals surface area contributed by atoms with Gasteiger partial charge in [-0.2, -0.15) is 0 Å². The van der Waals surface area contributed by atoms with E-state index in [-0.39, 0.29) is 31.1 Å². The average molecular weight is 242 g/mol. The van der Waals surface area contributed by atoms with E-state index in [2.05, 4.69) is 6.58 Å². The average Bonchev–Trinajstić information content (AvgIpc) is 2.25. The number of carbonyl (C=O) groups excluding carboxylic acids is 1. The van der Waals surface area contributed by atoms with Crippen LogP contribution in [0.15, 0.2) is 12.2 Å². The maximum atomic E-state index is 11.2. The molecule has 0 aromatic carbocycles. The molecule has 4 heteroatoms. The third-order valence-corrected chi connectivity index (χ3v) is 2.48. The third kappa shape index (κ3) is 5.33. The van der Waals surface area contributed by atoms with Gasteiger partial charge < -0.3 is 14.2 Å². The van der Waals surface area contributed by atoms with Gasteiger partial charge in [0.1, 0.15) is 6.61 Å². The van der Waals surface area contributed by atoms with E-state index in [4.69, 9.17) is 14.2 Å². The van der Waals surface area contributed by atoms with Crippen molar-refractivity contribution >= 4 is 5.97 Å². The summed E-state index contributed by atoms with van der Waals surface area (Å²) in [6, 6.07) is 0. The topological polar surface area (TPSA) is 44.8 Å². The van der Waals surface area contributed by atoms with E-state index in [1.807, 2.05) is 13.8 Å². The van der Waals surface area contributed by atoms with Crippen LogP contribution in [0.1, 0.15) is 40.0 Å². The second-order valence-corrected chi connectivity index (χ2v) is 4.68. The predicted molar refractivity (Wildman–Crippen MR) is 64.5 cm³/mol. The molecule has 1 fully saturated rings. The molecule has 0 amide bonds. The molecule has 1 rings (SSSR count). The summed E-state index contributed by atoms with van der Waals surface area (Å²) in [5.41, 5.74) is 0.413. The van der Waals surface area contributed by atoms with Gasteiger partial charge >= 0.3 is 5.97 Å². The van der Waals surface area contributed by atoms with Crippen LogP contribution in [0.2, 0.25) is 0 Å². The molecule has 17 heavy (non-hydrogen) atoms. The van der Waals surface area contributed by atoms with Gasteiger partial charge in [0.15, 0.2) is 6.29 Å². The molecular weight excluding hydrogens is 220 g/mol. The fourth-order valence-electron chi connectivity index (χ4n) is 1.68. The minimum atomic E-state index is -0.361. The first-order chi connectivity index (χ1) is 7.99. The summed E-state index contributed by atoms with van der Waals surface area (Å²) in [5, 5.41) is 0. The van der Waals surface area contributed by atoms with Crippen LogP contribution in [0.25, 0.3) is 0 Å². The normalized spacial score (nSPS) is 24.7. The number of hydrogen-bond acceptors (Lipinski definition) is 4. The lowest BCUT2D eigenvalue weighted by atomic mass is 10.1. The SMILES string of the molecule is C=C(C)C(=O)OCC1CCCC(OC(C)C)O1. The van der Waals surface area contributed by atoms with Gasteiger partial charge in [0.25, 0.3) is 0 Å². The lowest BCUT2D eigenvalue weighted by Gasteiger charge is -2.30. The first kappa shape index (κ1) is 14.2. The van der Waals surface area contributed by atoms with E-state index < -0.39 is 0 Å². The van der Waals surface area contributed by atoms with Gasteiger partial charge in [0.2, 0.25) is 0 Å². The Labute approximate surface area is 103 Å². The zero-order chi connectivity index (χ0) is 12.8. The Morgan fingerprint density at radius 2 is 2.18 bits per heavy atom. The summed E-state index contributed by atoms with van der Waals surface area (Å²) in [4.78, 5) is 11.2. The first-order valence-corrected chi connectivity index (χ1v) is 6.12. The van der Waals surface area contributed by atoms with Gasteiger partial charge in [-0.15, -0.1) is 0 Å². The van der Waals surface area contributed by atoms with E-state index in [0.29, 0.717) is 5.57 Å². The van der Waals surface area contributed by atoms with E-state index in [1.54, 1.807) is 6.92 Å². The van der Waals surface area contributed by atoms with E-state index in [0.717, 1.165) is 19.3 Å². The Bertz CT molecular complexity index is 273. The largest absolute Gasteiger partial charge is 0.460 e. The van der Waals surface area contributed by atoms with E-state index in [9.17, 15) is 4.79 Å². The summed E-state index contributed by atoms with van der Waals surface area (Å²) in [6.45, 7) is 9.41. The maximum absolute atomic E-state index is 11.2. The smallest absolute Gasteiger partial charge is 0.333 e. The molecule has 2 atom stereocenters. The van der Waals surface area contributed by atoms with Crippen molar-refractivity contribution in [3.8, 4) is 0 Å². The zero-order valence-electron chi connectivity index (χ0n) is 10.9. The van der Waals surface area contributed by atoms with Gasteiger partial charge in [-0.05, 0) is 40.0 Å². The monoisotopic (exact) mass is 242 g/mol. The van der Waals surface area contributed by atoms with Crippen molar-refractivity contribution in [2.75, 3.05) is 6.61 Å². The second kappa shape index (κ2) is 6.77. The quantitative estimate of drug-likeness (QED) is 0.548. The van der Waals surface area contributed by atoms with Crippen molar-refractivity contribution in [3.63, 3.8) is 0 Å². The highest BCUT2D eigenvalue weighted by Gasteiger charge is 2.24. The standard InChI is InChI=1S/C13H22O4/c1-9(2)13(14)15-8-11-6-5-7-12(17-11)16-10(3)4/h10-12H,1,5-8H2,2-4H3. The molecule has 0 bridgehead atoms. The number of esters is 1. The molecule has 0 aromatic heterocycles. The molecule has 1 aliphatic rings. The zero-order valence-corrected chi connectivity index (χ0v) is 10.9. The van der Waals surface area contributed by atoms with Crippen LogP contribution in [0.3, 0.4) is 0 Å². The van der Waals surface area contributed by atoms with Crippen molar-refractivity contribution in [1.82, 2.24) is 0 Å². The second-order valence-electron chi connectivity index (χ2n) is 4.68. The highest BCUT2D eigenvalue weighted by atomic mass is 16.7. The van der Waals surface area contributed by atoms with Gasteiger partial charge in [-0.3, -0.25) is 0 Å². The molecule has 0 N–H and O–H groups in total. The van der Waals surface area contributed by atoms with Crippen molar-refractivity contribution in [3.05, 3.63) is 12.2 Å². The molecule has 0 aromatic rings. The van der Waals surface area contributed by atoms with Crippen molar-refractivity contribution in [2.24, 2.45) is 0 Å². The van der Waals surface area contributed by atoms with E-state index >= 15 is 0 Å². The van der Waals surface area contributed by atoms with Gasteiger partial charge in [-0.25, -0.2) is 4.79 Å². The van der Waals surface area contributed by atoms with Crippen molar-refractivity contribution in [2.45, 2.75) is 58.5 Å². The molecule has 98 valence electrons. The minimum Gasteiger partial charge on any atom is -0.460 e. The lowest BCUT2D eigenvalue weighted by Crippen LogP contribution is -2.34.